The molecule has 0 aliphatic carbocycles. The number of hydrogen-bond donors (Lipinski definition) is 1. The first-order chi connectivity index (χ1) is 9.60. The quantitative estimate of drug-likeness (QED) is 0.838. The van der Waals surface area contributed by atoms with Crippen molar-refractivity contribution in [1.82, 2.24) is 0 Å². The van der Waals surface area contributed by atoms with Crippen LogP contribution < -0.4 is 10.5 Å². The highest BCUT2D eigenvalue weighted by atomic mass is 79.9. The van der Waals surface area contributed by atoms with Crippen molar-refractivity contribution in [3.8, 4) is 5.75 Å². The van der Waals surface area contributed by atoms with E-state index >= 15 is 0 Å². The van der Waals surface area contributed by atoms with Crippen molar-refractivity contribution in [2.75, 3.05) is 18.6 Å². The maximum absolute atomic E-state index is 12.3. The molecule has 2 aromatic rings. The average molecular weight is 354 g/mol. The van der Waals surface area contributed by atoms with E-state index in [0.717, 1.165) is 22.2 Å². The molecule has 3 nitrogen and oxygen atoms in total. The summed E-state index contributed by atoms with van der Waals surface area (Å²) in [6.07, 6.45) is 0.739. The Bertz CT molecular complexity index is 614. The molecule has 0 saturated carbocycles. The Labute approximate surface area is 129 Å². The number of rotatable bonds is 5. The second-order valence-corrected chi connectivity index (χ2v) is 6.78. The molecule has 0 aromatic heterocycles. The number of nitrogen functional groups attached to an aromatic ring is 1. The molecule has 20 heavy (non-hydrogen) atoms. The summed E-state index contributed by atoms with van der Waals surface area (Å²) in [4.78, 5) is 0.688. The van der Waals surface area contributed by atoms with E-state index in [1.54, 1.807) is 13.2 Å². The number of methoxy groups -OCH3 is 1. The van der Waals surface area contributed by atoms with Crippen LogP contribution in [0, 0.1) is 0 Å². The summed E-state index contributed by atoms with van der Waals surface area (Å²) in [5.41, 5.74) is 7.57. The fraction of sp³-hybridized carbons (Fsp3) is 0.200. The molecule has 1 unspecified atom stereocenters. The van der Waals surface area contributed by atoms with Crippen molar-refractivity contribution < 1.29 is 8.95 Å². The maximum atomic E-state index is 12.3. The van der Waals surface area contributed by atoms with Gasteiger partial charge in [-0.05, 0) is 42.3 Å². The largest absolute Gasteiger partial charge is 0.497 e. The molecule has 2 aromatic carbocycles. The highest BCUT2D eigenvalue weighted by Crippen LogP contribution is 2.22. The second-order valence-electron chi connectivity index (χ2n) is 4.33. The smallest absolute Gasteiger partial charge is 0.118 e. The van der Waals surface area contributed by atoms with Crippen LogP contribution in [-0.4, -0.2) is 17.1 Å². The van der Waals surface area contributed by atoms with Gasteiger partial charge in [0, 0.05) is 15.9 Å². The Morgan fingerprint density at radius 2 is 1.90 bits per heavy atom. The summed E-state index contributed by atoms with van der Waals surface area (Å²) in [6.45, 7) is 0. The first-order valence-corrected chi connectivity index (χ1v) is 8.27. The lowest BCUT2D eigenvalue weighted by molar-refractivity contribution is 0.414. The summed E-state index contributed by atoms with van der Waals surface area (Å²) in [5, 5.41) is 0. The minimum absolute atomic E-state index is 0.549. The molecule has 106 valence electrons. The van der Waals surface area contributed by atoms with E-state index in [1.807, 2.05) is 36.4 Å². The lowest BCUT2D eigenvalue weighted by Gasteiger charge is -2.07. The summed E-state index contributed by atoms with van der Waals surface area (Å²) in [5.74, 6) is 1.37. The van der Waals surface area contributed by atoms with Crippen LogP contribution in [0.3, 0.4) is 0 Å². The van der Waals surface area contributed by atoms with Gasteiger partial charge in [-0.15, -0.1) is 0 Å². The predicted octanol–water partition coefficient (Wildman–Crippen LogP) is 3.39. The monoisotopic (exact) mass is 353 g/mol. The van der Waals surface area contributed by atoms with Gasteiger partial charge in [-0.25, -0.2) is 0 Å². The topological polar surface area (TPSA) is 52.3 Å². The van der Waals surface area contributed by atoms with Gasteiger partial charge in [-0.1, -0.05) is 28.1 Å². The van der Waals surface area contributed by atoms with Crippen molar-refractivity contribution in [3.63, 3.8) is 0 Å². The Hall–Kier alpha value is -1.33. The fourth-order valence-electron chi connectivity index (χ4n) is 1.82. The van der Waals surface area contributed by atoms with Crippen molar-refractivity contribution >= 4 is 32.4 Å². The van der Waals surface area contributed by atoms with Crippen LogP contribution in [-0.2, 0) is 17.2 Å². The van der Waals surface area contributed by atoms with E-state index in [2.05, 4.69) is 15.9 Å². The molecule has 0 aliphatic heterocycles. The Balaban J connectivity index is 2.02. The van der Waals surface area contributed by atoms with Crippen molar-refractivity contribution in [2.24, 2.45) is 0 Å². The summed E-state index contributed by atoms with van der Waals surface area (Å²) in [6, 6.07) is 13.2. The molecule has 0 bridgehead atoms. The van der Waals surface area contributed by atoms with E-state index in [4.69, 9.17) is 10.5 Å². The van der Waals surface area contributed by atoms with Gasteiger partial charge >= 0.3 is 0 Å². The van der Waals surface area contributed by atoms with Crippen molar-refractivity contribution in [1.29, 1.82) is 0 Å². The number of aryl methyl sites for hydroxylation is 1. The highest BCUT2D eigenvalue weighted by molar-refractivity contribution is 9.10. The van der Waals surface area contributed by atoms with Crippen molar-refractivity contribution in [3.05, 3.63) is 52.5 Å². The van der Waals surface area contributed by atoms with Gasteiger partial charge in [-0.2, -0.15) is 0 Å². The molecule has 1 atom stereocenters. The van der Waals surface area contributed by atoms with Gasteiger partial charge in [0.05, 0.1) is 22.8 Å². The average Bonchev–Trinajstić information content (AvgIpc) is 2.47. The SMILES string of the molecule is COc1ccc(CCS(=O)c2cc(Br)ccc2N)cc1. The number of hydrogen-bond acceptors (Lipinski definition) is 3. The van der Waals surface area contributed by atoms with Gasteiger partial charge in [0.15, 0.2) is 0 Å². The zero-order valence-corrected chi connectivity index (χ0v) is 13.5. The Kier molecular flexibility index (Phi) is 5.20. The zero-order chi connectivity index (χ0) is 14.5. The van der Waals surface area contributed by atoms with E-state index in [-0.39, 0.29) is 0 Å². The zero-order valence-electron chi connectivity index (χ0n) is 11.1. The first-order valence-electron chi connectivity index (χ1n) is 6.16. The van der Waals surface area contributed by atoms with E-state index in [0.29, 0.717) is 16.3 Å². The molecule has 0 amide bonds. The van der Waals surface area contributed by atoms with Crippen LogP contribution in [0.5, 0.6) is 5.75 Å². The lowest BCUT2D eigenvalue weighted by atomic mass is 10.2. The molecular formula is C15H16BrNO2S. The molecular weight excluding hydrogens is 338 g/mol. The summed E-state index contributed by atoms with van der Waals surface area (Å²) in [7, 11) is 0.540. The van der Waals surface area contributed by atoms with Gasteiger partial charge in [0.1, 0.15) is 5.75 Å². The first kappa shape index (κ1) is 15.1. The normalized spacial score (nSPS) is 12.1. The molecule has 2 rings (SSSR count). The molecule has 2 N–H and O–H groups in total. The van der Waals surface area contributed by atoms with E-state index in [9.17, 15) is 4.21 Å². The van der Waals surface area contributed by atoms with Crippen molar-refractivity contribution in [2.45, 2.75) is 11.3 Å². The molecule has 0 fully saturated rings. The van der Waals surface area contributed by atoms with Gasteiger partial charge in [-0.3, -0.25) is 4.21 Å². The maximum Gasteiger partial charge on any atom is 0.118 e. The highest BCUT2D eigenvalue weighted by Gasteiger charge is 2.09. The van der Waals surface area contributed by atoms with Gasteiger partial charge in [0.2, 0.25) is 0 Å². The molecule has 0 spiro atoms. The third-order valence-corrected chi connectivity index (χ3v) is 4.87. The Morgan fingerprint density at radius 1 is 1.20 bits per heavy atom. The van der Waals surface area contributed by atoms with Gasteiger partial charge in [0.25, 0.3) is 0 Å². The minimum atomic E-state index is -1.10. The predicted molar refractivity (Wildman–Crippen MR) is 86.5 cm³/mol. The number of anilines is 1. The van der Waals surface area contributed by atoms with Crippen LogP contribution in [0.4, 0.5) is 5.69 Å². The molecule has 0 radical (unpaired) electrons. The molecule has 0 saturated heterocycles. The van der Waals surface area contributed by atoms with Crippen LogP contribution in [0.15, 0.2) is 51.8 Å². The number of benzene rings is 2. The van der Waals surface area contributed by atoms with Crippen LogP contribution in [0.2, 0.25) is 0 Å². The molecule has 0 heterocycles. The third-order valence-electron chi connectivity index (χ3n) is 2.96. The number of ether oxygens (including phenoxy) is 1. The second kappa shape index (κ2) is 6.90. The summed E-state index contributed by atoms with van der Waals surface area (Å²) >= 11 is 3.37. The summed E-state index contributed by atoms with van der Waals surface area (Å²) < 4.78 is 18.3. The van der Waals surface area contributed by atoms with Crippen LogP contribution in [0.1, 0.15) is 5.56 Å². The lowest BCUT2D eigenvalue weighted by Crippen LogP contribution is -2.04. The van der Waals surface area contributed by atoms with E-state index in [1.165, 1.54) is 0 Å². The molecule has 5 heteroatoms. The molecule has 0 aliphatic rings. The number of halogens is 1. The standard InChI is InChI=1S/C15H16BrNO2S/c1-19-13-5-2-11(3-6-13)8-9-20(18)15-10-12(16)4-7-14(15)17/h2-7,10H,8-9,17H2,1H3. The minimum Gasteiger partial charge on any atom is -0.497 e. The van der Waals surface area contributed by atoms with Gasteiger partial charge < -0.3 is 10.5 Å². The van der Waals surface area contributed by atoms with Crippen LogP contribution >= 0.6 is 15.9 Å². The number of nitrogens with two attached hydrogens (primary N) is 1. The third kappa shape index (κ3) is 3.84. The Morgan fingerprint density at radius 3 is 2.55 bits per heavy atom. The van der Waals surface area contributed by atoms with Crippen LogP contribution in [0.25, 0.3) is 0 Å². The van der Waals surface area contributed by atoms with E-state index < -0.39 is 10.8 Å². The fourth-order valence-corrected chi connectivity index (χ4v) is 3.56.